The molecular weight excluding hydrogens is 548 g/mol. The van der Waals surface area contributed by atoms with Gasteiger partial charge in [0.1, 0.15) is 28.8 Å². The highest BCUT2D eigenvalue weighted by Crippen LogP contribution is 2.36. The zero-order valence-electron chi connectivity index (χ0n) is 21.6. The lowest BCUT2D eigenvalue weighted by molar-refractivity contribution is -0.142. The zero-order chi connectivity index (χ0) is 29.7. The van der Waals surface area contributed by atoms with Crippen LogP contribution >= 0.6 is 0 Å². The lowest BCUT2D eigenvalue weighted by Crippen LogP contribution is -2.11. The molecular formula is C33H24F8. The maximum absolute atomic E-state index is 14.8. The molecule has 0 aliphatic rings. The van der Waals surface area contributed by atoms with Crippen molar-refractivity contribution in [1.29, 1.82) is 0 Å². The van der Waals surface area contributed by atoms with Crippen LogP contribution in [0.3, 0.4) is 0 Å². The Balaban J connectivity index is 1.42. The Hall–Kier alpha value is -4.20. The fourth-order valence-electron chi connectivity index (χ4n) is 4.40. The summed E-state index contributed by atoms with van der Waals surface area (Å²) >= 11 is 0. The van der Waals surface area contributed by atoms with Crippen LogP contribution in [0.5, 0.6) is 0 Å². The van der Waals surface area contributed by atoms with Crippen molar-refractivity contribution in [3.8, 4) is 22.3 Å². The molecule has 0 N–H and O–H groups in total. The number of hydrogen-bond donors (Lipinski definition) is 0. The van der Waals surface area contributed by atoms with Gasteiger partial charge in [0.2, 0.25) is 0 Å². The summed E-state index contributed by atoms with van der Waals surface area (Å²) in [6.45, 7) is 3.50. The molecule has 0 amide bonds. The third-order valence-corrected chi connectivity index (χ3v) is 6.60. The van der Waals surface area contributed by atoms with Crippen molar-refractivity contribution in [2.75, 3.05) is 0 Å². The quantitative estimate of drug-likeness (QED) is 0.138. The van der Waals surface area contributed by atoms with E-state index in [0.29, 0.717) is 37.0 Å². The predicted molar refractivity (Wildman–Crippen MR) is 145 cm³/mol. The summed E-state index contributed by atoms with van der Waals surface area (Å²) in [5.74, 6) is -6.15. The Morgan fingerprint density at radius 3 is 1.73 bits per heavy atom. The molecule has 0 unspecified atom stereocenters. The van der Waals surface area contributed by atoms with Gasteiger partial charge in [0.15, 0.2) is 5.83 Å². The van der Waals surface area contributed by atoms with Gasteiger partial charge in [0.05, 0.1) is 0 Å². The third-order valence-electron chi connectivity index (χ3n) is 6.60. The second-order valence-electron chi connectivity index (χ2n) is 9.45. The summed E-state index contributed by atoms with van der Waals surface area (Å²) in [6, 6.07) is 18.9. The van der Waals surface area contributed by atoms with Gasteiger partial charge in [-0.2, -0.15) is 13.2 Å². The fraction of sp³-hybridized carbons (Fsp3) is 0.152. The largest absolute Gasteiger partial charge is 0.422 e. The number of benzene rings is 4. The number of halogens is 8. The van der Waals surface area contributed by atoms with Crippen molar-refractivity contribution in [1.82, 2.24) is 0 Å². The molecule has 0 saturated heterocycles. The van der Waals surface area contributed by atoms with E-state index >= 15 is 0 Å². The first-order valence-electron chi connectivity index (χ1n) is 12.7. The summed E-state index contributed by atoms with van der Waals surface area (Å²) in [4.78, 5) is 0. The van der Waals surface area contributed by atoms with E-state index in [1.54, 1.807) is 18.2 Å². The SMILES string of the molecule is C=CCCC(F)=C(F)c1ccc(-c2ccc(CCc3ccc(-c4cc(F)c(C(F)(F)F)c(F)c4)c(F)c3)cc2)cc1. The average Bonchev–Trinajstić information content (AvgIpc) is 2.93. The lowest BCUT2D eigenvalue weighted by atomic mass is 9.97. The molecule has 4 rings (SSSR count). The molecule has 8 heteroatoms. The summed E-state index contributed by atoms with van der Waals surface area (Å²) in [5.41, 5.74) is 0.796. The van der Waals surface area contributed by atoms with Gasteiger partial charge < -0.3 is 0 Å². The molecule has 212 valence electrons. The fourth-order valence-corrected chi connectivity index (χ4v) is 4.40. The standard InChI is InChI=1S/C33H24F8/c1-2-3-4-27(34)32(38)24-14-12-23(13-15-24)22-10-7-20(8-11-22)5-6-21-9-16-26(28(35)17-21)25-18-29(36)31(30(37)19-25)33(39,40)41/h2,7-19H,1,3-6H2. The zero-order valence-corrected chi connectivity index (χ0v) is 21.6. The first-order valence-corrected chi connectivity index (χ1v) is 12.7. The molecule has 0 fully saturated rings. The van der Waals surface area contributed by atoms with Crippen LogP contribution in [0, 0.1) is 17.5 Å². The van der Waals surface area contributed by atoms with E-state index < -0.39 is 40.8 Å². The average molecular weight is 573 g/mol. The van der Waals surface area contributed by atoms with Gasteiger partial charge in [-0.25, -0.2) is 22.0 Å². The molecule has 0 atom stereocenters. The van der Waals surface area contributed by atoms with Gasteiger partial charge in [0.25, 0.3) is 0 Å². The molecule has 0 aliphatic heterocycles. The molecule has 0 bridgehead atoms. The van der Waals surface area contributed by atoms with Crippen molar-refractivity contribution in [3.63, 3.8) is 0 Å². The number of hydrogen-bond acceptors (Lipinski definition) is 0. The van der Waals surface area contributed by atoms with Crippen molar-refractivity contribution in [3.05, 3.63) is 137 Å². The van der Waals surface area contributed by atoms with Crippen molar-refractivity contribution in [2.24, 2.45) is 0 Å². The maximum atomic E-state index is 14.8. The topological polar surface area (TPSA) is 0 Å². The highest BCUT2D eigenvalue weighted by Gasteiger charge is 2.38. The minimum atomic E-state index is -5.21. The van der Waals surface area contributed by atoms with Crippen molar-refractivity contribution >= 4 is 5.83 Å². The molecule has 0 radical (unpaired) electrons. The van der Waals surface area contributed by atoms with Crippen molar-refractivity contribution < 1.29 is 35.1 Å². The third kappa shape index (κ3) is 7.12. The smallest absolute Gasteiger partial charge is 0.209 e. The van der Waals surface area contributed by atoms with Gasteiger partial charge in [0, 0.05) is 17.5 Å². The molecule has 41 heavy (non-hydrogen) atoms. The second kappa shape index (κ2) is 12.5. The van der Waals surface area contributed by atoms with Crippen LogP contribution in [-0.4, -0.2) is 0 Å². The highest BCUT2D eigenvalue weighted by molar-refractivity contribution is 5.69. The molecule has 0 nitrogen and oxygen atoms in total. The van der Waals surface area contributed by atoms with Crippen LogP contribution in [0.15, 0.2) is 97.3 Å². The maximum Gasteiger partial charge on any atom is 0.422 e. The van der Waals surface area contributed by atoms with E-state index in [4.69, 9.17) is 0 Å². The van der Waals surface area contributed by atoms with Crippen molar-refractivity contribution in [2.45, 2.75) is 31.9 Å². The first kappa shape index (κ1) is 29.8. The monoisotopic (exact) mass is 572 g/mol. The summed E-state index contributed by atoms with van der Waals surface area (Å²) < 4.78 is 109. The molecule has 4 aromatic carbocycles. The van der Waals surface area contributed by atoms with Gasteiger partial charge >= 0.3 is 6.18 Å². The van der Waals surface area contributed by atoms with Crippen LogP contribution in [0.25, 0.3) is 28.1 Å². The predicted octanol–water partition coefficient (Wildman–Crippen LogP) is 10.8. The van der Waals surface area contributed by atoms with Gasteiger partial charge in [-0.15, -0.1) is 6.58 Å². The molecule has 0 spiro atoms. The Labute approximate surface area is 232 Å². The summed E-state index contributed by atoms with van der Waals surface area (Å²) in [6.07, 6.45) is -2.41. The van der Waals surface area contributed by atoms with Gasteiger partial charge in [-0.3, -0.25) is 0 Å². The summed E-state index contributed by atoms with van der Waals surface area (Å²) in [5, 5.41) is 0. The van der Waals surface area contributed by atoms with E-state index in [1.807, 2.05) is 24.3 Å². The van der Waals surface area contributed by atoms with E-state index in [1.165, 1.54) is 30.3 Å². The normalized spacial score (nSPS) is 12.3. The minimum absolute atomic E-state index is 0.0472. The van der Waals surface area contributed by atoms with Crippen LogP contribution < -0.4 is 0 Å². The Bertz CT molecular complexity index is 1540. The molecule has 0 heterocycles. The molecule has 0 saturated carbocycles. The summed E-state index contributed by atoms with van der Waals surface area (Å²) in [7, 11) is 0. The van der Waals surface area contributed by atoms with Crippen LogP contribution in [-0.2, 0) is 19.0 Å². The minimum Gasteiger partial charge on any atom is -0.209 e. The van der Waals surface area contributed by atoms with Gasteiger partial charge in [-0.05, 0) is 65.3 Å². The molecule has 0 aliphatic carbocycles. The molecule has 0 aromatic heterocycles. The Morgan fingerprint density at radius 2 is 1.20 bits per heavy atom. The highest BCUT2D eigenvalue weighted by atomic mass is 19.4. The van der Waals surface area contributed by atoms with Gasteiger partial charge in [-0.1, -0.05) is 66.7 Å². The van der Waals surface area contributed by atoms with E-state index in [2.05, 4.69) is 6.58 Å². The van der Waals surface area contributed by atoms with Crippen LogP contribution in [0.1, 0.15) is 35.1 Å². The van der Waals surface area contributed by atoms with E-state index in [0.717, 1.165) is 16.7 Å². The lowest BCUT2D eigenvalue weighted by Gasteiger charge is -2.12. The van der Waals surface area contributed by atoms with Crippen LogP contribution in [0.4, 0.5) is 35.1 Å². The first-order chi connectivity index (χ1) is 19.5. The second-order valence-corrected chi connectivity index (χ2v) is 9.45. The van der Waals surface area contributed by atoms with E-state index in [-0.39, 0.29) is 23.1 Å². The number of rotatable bonds is 9. The molecule has 4 aromatic rings. The number of alkyl halides is 3. The Morgan fingerprint density at radius 1 is 0.659 bits per heavy atom. The van der Waals surface area contributed by atoms with E-state index in [9.17, 15) is 35.1 Å². The number of aryl methyl sites for hydroxylation is 2. The van der Waals surface area contributed by atoms with Crippen LogP contribution in [0.2, 0.25) is 0 Å². The number of allylic oxidation sites excluding steroid dienone is 2. The Kier molecular flexibility index (Phi) is 9.11.